The van der Waals surface area contributed by atoms with Crippen molar-refractivity contribution in [2.45, 2.75) is 26.7 Å². The summed E-state index contributed by atoms with van der Waals surface area (Å²) in [5.74, 6) is 0.334. The maximum atomic E-state index is 11.3. The van der Waals surface area contributed by atoms with Gasteiger partial charge in [0.15, 0.2) is 5.78 Å². The fourth-order valence-electron chi connectivity index (χ4n) is 2.21. The summed E-state index contributed by atoms with van der Waals surface area (Å²) in [4.78, 5) is 11.3. The van der Waals surface area contributed by atoms with Crippen molar-refractivity contribution in [3.05, 3.63) is 70.8 Å². The molecule has 1 aliphatic carbocycles. The molecule has 1 unspecified atom stereocenters. The van der Waals surface area contributed by atoms with Crippen molar-refractivity contribution in [3.8, 4) is 0 Å². The van der Waals surface area contributed by atoms with Crippen LogP contribution in [0.4, 0.5) is 0 Å². The van der Waals surface area contributed by atoms with Crippen LogP contribution >= 0.6 is 0 Å². The summed E-state index contributed by atoms with van der Waals surface area (Å²) in [6, 6.07) is 7.81. The zero-order valence-electron chi connectivity index (χ0n) is 11.2. The minimum atomic E-state index is 0.103. The van der Waals surface area contributed by atoms with Gasteiger partial charge < -0.3 is 0 Å². The Kier molecular flexibility index (Phi) is 3.33. The molecule has 18 heavy (non-hydrogen) atoms. The van der Waals surface area contributed by atoms with Crippen molar-refractivity contribution in [3.63, 3.8) is 0 Å². The van der Waals surface area contributed by atoms with Gasteiger partial charge in [-0.25, -0.2) is 0 Å². The molecule has 1 heteroatoms. The number of hydrogen-bond acceptors (Lipinski definition) is 1. The second kappa shape index (κ2) is 4.77. The van der Waals surface area contributed by atoms with E-state index in [2.05, 4.69) is 32.6 Å². The Hall–Kier alpha value is -1.89. The van der Waals surface area contributed by atoms with E-state index in [4.69, 9.17) is 0 Å². The third kappa shape index (κ3) is 2.21. The molecule has 0 radical (unpaired) electrons. The molecule has 0 spiro atoms. The first-order chi connectivity index (χ1) is 8.50. The van der Waals surface area contributed by atoms with Gasteiger partial charge in [0.25, 0.3) is 0 Å². The van der Waals surface area contributed by atoms with E-state index < -0.39 is 0 Å². The number of Topliss-reactive ketones (excluding diaryl/α,β-unsaturated/α-hetero) is 1. The molecule has 0 amide bonds. The van der Waals surface area contributed by atoms with Gasteiger partial charge in [-0.05, 0) is 43.1 Å². The highest BCUT2D eigenvalue weighted by Crippen LogP contribution is 2.35. The first-order valence-electron chi connectivity index (χ1n) is 6.16. The molecule has 0 saturated heterocycles. The average molecular weight is 238 g/mol. The second-order valence-electron chi connectivity index (χ2n) is 4.85. The Morgan fingerprint density at radius 3 is 2.33 bits per heavy atom. The Morgan fingerprint density at radius 2 is 1.78 bits per heavy atom. The molecule has 1 aliphatic rings. The molecule has 0 aliphatic heterocycles. The zero-order chi connectivity index (χ0) is 13.3. The Labute approximate surface area is 109 Å². The SMILES string of the molecule is C=C1C(C)=C(C)C=CC1c1ccc(C(C)=O)cc1. The van der Waals surface area contributed by atoms with E-state index in [0.29, 0.717) is 0 Å². The van der Waals surface area contributed by atoms with Gasteiger partial charge >= 0.3 is 0 Å². The number of rotatable bonds is 2. The highest BCUT2D eigenvalue weighted by Gasteiger charge is 2.17. The lowest BCUT2D eigenvalue weighted by atomic mass is 9.82. The van der Waals surface area contributed by atoms with Gasteiger partial charge in [0.05, 0.1) is 0 Å². The van der Waals surface area contributed by atoms with Gasteiger partial charge in [0, 0.05) is 11.5 Å². The van der Waals surface area contributed by atoms with E-state index in [1.165, 1.54) is 16.7 Å². The van der Waals surface area contributed by atoms with Crippen LogP contribution in [0.3, 0.4) is 0 Å². The first kappa shape index (κ1) is 12.6. The quantitative estimate of drug-likeness (QED) is 0.696. The minimum absolute atomic E-state index is 0.103. The van der Waals surface area contributed by atoms with Crippen LogP contribution in [0.2, 0.25) is 0 Å². The standard InChI is InChI=1S/C17H18O/c1-11-5-10-17(13(3)12(11)2)16-8-6-15(7-9-16)14(4)18/h5-10,17H,3H2,1-2,4H3. The summed E-state index contributed by atoms with van der Waals surface area (Å²) in [6.07, 6.45) is 4.32. The van der Waals surface area contributed by atoms with Gasteiger partial charge in [-0.3, -0.25) is 4.79 Å². The van der Waals surface area contributed by atoms with E-state index in [9.17, 15) is 4.79 Å². The van der Waals surface area contributed by atoms with Crippen LogP contribution in [-0.2, 0) is 0 Å². The lowest BCUT2D eigenvalue weighted by Gasteiger charge is -2.22. The van der Waals surface area contributed by atoms with Gasteiger partial charge in [-0.15, -0.1) is 0 Å². The first-order valence-corrected chi connectivity index (χ1v) is 6.16. The van der Waals surface area contributed by atoms with E-state index in [1.54, 1.807) is 6.92 Å². The predicted molar refractivity (Wildman–Crippen MR) is 75.8 cm³/mol. The molecule has 0 heterocycles. The lowest BCUT2D eigenvalue weighted by molar-refractivity contribution is 0.101. The predicted octanol–water partition coefficient (Wildman–Crippen LogP) is 4.44. The molecule has 0 bridgehead atoms. The van der Waals surface area contributed by atoms with E-state index in [-0.39, 0.29) is 11.7 Å². The van der Waals surface area contributed by atoms with E-state index in [1.807, 2.05) is 24.3 Å². The molecule has 0 fully saturated rings. The van der Waals surface area contributed by atoms with Crippen LogP contribution < -0.4 is 0 Å². The van der Waals surface area contributed by atoms with Crippen LogP contribution in [0.1, 0.15) is 42.6 Å². The topological polar surface area (TPSA) is 17.1 Å². The Morgan fingerprint density at radius 1 is 1.17 bits per heavy atom. The van der Waals surface area contributed by atoms with Gasteiger partial charge in [0.2, 0.25) is 0 Å². The normalized spacial score (nSPS) is 19.3. The van der Waals surface area contributed by atoms with Gasteiger partial charge in [-0.2, -0.15) is 0 Å². The van der Waals surface area contributed by atoms with Crippen molar-refractivity contribution in [2.75, 3.05) is 0 Å². The van der Waals surface area contributed by atoms with Crippen molar-refractivity contribution in [1.29, 1.82) is 0 Å². The number of carbonyl (C=O) groups excluding carboxylic acids is 1. The summed E-state index contributed by atoms with van der Waals surface area (Å²) in [5, 5.41) is 0. The number of allylic oxidation sites excluding steroid dienone is 5. The van der Waals surface area contributed by atoms with Crippen molar-refractivity contribution in [1.82, 2.24) is 0 Å². The highest BCUT2D eigenvalue weighted by atomic mass is 16.1. The minimum Gasteiger partial charge on any atom is -0.295 e. The lowest BCUT2D eigenvalue weighted by Crippen LogP contribution is -2.05. The largest absolute Gasteiger partial charge is 0.295 e. The molecule has 1 aromatic rings. The number of benzene rings is 1. The molecule has 1 atom stereocenters. The molecular formula is C17H18O. The monoisotopic (exact) mass is 238 g/mol. The van der Waals surface area contributed by atoms with Crippen molar-refractivity contribution < 1.29 is 4.79 Å². The van der Waals surface area contributed by atoms with Crippen LogP contribution in [0.25, 0.3) is 0 Å². The molecule has 92 valence electrons. The average Bonchev–Trinajstić information content (AvgIpc) is 2.36. The number of carbonyl (C=O) groups is 1. The second-order valence-corrected chi connectivity index (χ2v) is 4.85. The Bertz CT molecular complexity index is 556. The fourth-order valence-corrected chi connectivity index (χ4v) is 2.21. The van der Waals surface area contributed by atoms with Crippen LogP contribution in [0.5, 0.6) is 0 Å². The summed E-state index contributed by atoms with van der Waals surface area (Å²) in [5.41, 5.74) is 5.63. The summed E-state index contributed by atoms with van der Waals surface area (Å²) in [7, 11) is 0. The van der Waals surface area contributed by atoms with Crippen LogP contribution in [-0.4, -0.2) is 5.78 Å². The molecule has 0 aromatic heterocycles. The fraction of sp³-hybridized carbons (Fsp3) is 0.235. The summed E-state index contributed by atoms with van der Waals surface area (Å²) >= 11 is 0. The maximum absolute atomic E-state index is 11.3. The Balaban J connectivity index is 2.32. The third-order valence-electron chi connectivity index (χ3n) is 3.66. The third-order valence-corrected chi connectivity index (χ3v) is 3.66. The van der Waals surface area contributed by atoms with Gasteiger partial charge in [-0.1, -0.05) is 43.0 Å². The van der Waals surface area contributed by atoms with Crippen LogP contribution in [0, 0.1) is 0 Å². The molecular weight excluding hydrogens is 220 g/mol. The van der Waals surface area contributed by atoms with Crippen molar-refractivity contribution >= 4 is 5.78 Å². The number of hydrogen-bond donors (Lipinski definition) is 0. The maximum Gasteiger partial charge on any atom is 0.159 e. The molecule has 2 rings (SSSR count). The molecule has 1 nitrogen and oxygen atoms in total. The number of ketones is 1. The van der Waals surface area contributed by atoms with E-state index >= 15 is 0 Å². The molecule has 0 N–H and O–H groups in total. The summed E-state index contributed by atoms with van der Waals surface area (Å²) < 4.78 is 0. The zero-order valence-corrected chi connectivity index (χ0v) is 11.2. The molecule has 0 saturated carbocycles. The highest BCUT2D eigenvalue weighted by molar-refractivity contribution is 5.94. The van der Waals surface area contributed by atoms with E-state index in [0.717, 1.165) is 11.1 Å². The molecule has 1 aromatic carbocycles. The van der Waals surface area contributed by atoms with Crippen LogP contribution in [0.15, 0.2) is 59.7 Å². The summed E-state index contributed by atoms with van der Waals surface area (Å²) in [6.45, 7) is 9.99. The van der Waals surface area contributed by atoms with Gasteiger partial charge in [0.1, 0.15) is 0 Å². The van der Waals surface area contributed by atoms with Crippen molar-refractivity contribution in [2.24, 2.45) is 0 Å². The smallest absolute Gasteiger partial charge is 0.159 e.